The maximum absolute atomic E-state index is 12.3. The van der Waals surface area contributed by atoms with E-state index in [1.807, 2.05) is 0 Å². The zero-order valence-corrected chi connectivity index (χ0v) is 14.9. The molecule has 2 aromatic rings. The van der Waals surface area contributed by atoms with Crippen LogP contribution in [0.5, 0.6) is 0 Å². The Bertz CT molecular complexity index is 814. The second kappa shape index (κ2) is 6.26. The summed E-state index contributed by atoms with van der Waals surface area (Å²) in [5, 5.41) is 8.00. The fourth-order valence-corrected chi connectivity index (χ4v) is 4.72. The average Bonchev–Trinajstić information content (AvgIpc) is 2.93. The third-order valence-electron chi connectivity index (χ3n) is 4.18. The van der Waals surface area contributed by atoms with E-state index < -0.39 is 0 Å². The van der Waals surface area contributed by atoms with Gasteiger partial charge in [-0.2, -0.15) is 5.10 Å². The van der Waals surface area contributed by atoms with Crippen LogP contribution >= 0.6 is 23.1 Å². The molecule has 1 aliphatic rings. The van der Waals surface area contributed by atoms with E-state index in [9.17, 15) is 9.59 Å². The predicted molar refractivity (Wildman–Crippen MR) is 90.2 cm³/mol. The molecule has 23 heavy (non-hydrogen) atoms. The molecule has 0 bridgehead atoms. The Hall–Kier alpha value is -1.38. The van der Waals surface area contributed by atoms with Gasteiger partial charge >= 0.3 is 5.97 Å². The first-order chi connectivity index (χ1) is 11.0. The quantitative estimate of drug-likeness (QED) is 0.671. The summed E-state index contributed by atoms with van der Waals surface area (Å²) in [7, 11) is 1.35. The summed E-state index contributed by atoms with van der Waals surface area (Å²) in [5.74, 6) is -0.157. The summed E-state index contributed by atoms with van der Waals surface area (Å²) in [6.45, 7) is 4.67. The molecule has 8 heteroatoms. The number of thiophene rings is 1. The van der Waals surface area contributed by atoms with Crippen molar-refractivity contribution < 1.29 is 14.3 Å². The first-order valence-electron chi connectivity index (χ1n) is 7.34. The number of rotatable bonds is 4. The number of fused-ring (bicyclic) bond motifs is 3. The molecule has 0 saturated carbocycles. The lowest BCUT2D eigenvalue weighted by atomic mass is 9.90. The Labute approximate surface area is 141 Å². The van der Waals surface area contributed by atoms with Gasteiger partial charge in [-0.05, 0) is 18.9 Å². The number of nitrogens with zero attached hydrogens (tertiary/aromatic N) is 1. The minimum atomic E-state index is -0.320. The molecular weight excluding hydrogens is 336 g/mol. The third-order valence-corrected chi connectivity index (χ3v) is 6.47. The van der Waals surface area contributed by atoms with E-state index in [1.165, 1.54) is 30.2 Å². The summed E-state index contributed by atoms with van der Waals surface area (Å²) < 4.78 is 11.4. The van der Waals surface area contributed by atoms with Gasteiger partial charge in [0.2, 0.25) is 0 Å². The van der Waals surface area contributed by atoms with E-state index in [0.29, 0.717) is 23.4 Å². The minimum absolute atomic E-state index is 0.163. The van der Waals surface area contributed by atoms with Gasteiger partial charge in [0.1, 0.15) is 5.03 Å². The Morgan fingerprint density at radius 2 is 2.35 bits per heavy atom. The first-order valence-corrected chi connectivity index (χ1v) is 9.14. The van der Waals surface area contributed by atoms with Crippen molar-refractivity contribution >= 4 is 39.2 Å². The summed E-state index contributed by atoms with van der Waals surface area (Å²) in [6.07, 6.45) is 1.60. The highest BCUT2D eigenvalue weighted by atomic mass is 32.2. The summed E-state index contributed by atoms with van der Waals surface area (Å²) >= 11 is 2.80. The largest absolute Gasteiger partial charge is 0.468 e. The molecule has 6 nitrogen and oxygen atoms in total. The van der Waals surface area contributed by atoms with Gasteiger partial charge in [-0.25, -0.2) is 5.10 Å². The number of nitrogens with one attached hydrogen (secondary N) is 1. The van der Waals surface area contributed by atoms with Gasteiger partial charge < -0.3 is 9.47 Å². The SMILES string of the molecule is CCC1(C)Cc2c(sc3c(SCC(=O)OC)n[nH]c(=O)c23)CO1. The van der Waals surface area contributed by atoms with Gasteiger partial charge in [-0.1, -0.05) is 18.7 Å². The number of ether oxygens (including phenoxy) is 2. The van der Waals surface area contributed by atoms with Crippen LogP contribution < -0.4 is 5.56 Å². The van der Waals surface area contributed by atoms with Crippen molar-refractivity contribution in [3.63, 3.8) is 0 Å². The van der Waals surface area contributed by atoms with Crippen LogP contribution in [0, 0.1) is 0 Å². The summed E-state index contributed by atoms with van der Waals surface area (Å²) in [6, 6.07) is 0. The van der Waals surface area contributed by atoms with E-state index in [2.05, 4.69) is 28.8 Å². The number of aromatic amines is 1. The van der Waals surface area contributed by atoms with Crippen LogP contribution in [0.15, 0.2) is 9.82 Å². The number of hydrogen-bond acceptors (Lipinski definition) is 7. The number of thioether (sulfide) groups is 1. The van der Waals surface area contributed by atoms with Crippen molar-refractivity contribution in [3.05, 3.63) is 20.8 Å². The minimum Gasteiger partial charge on any atom is -0.468 e. The van der Waals surface area contributed by atoms with Crippen LogP contribution in [0.3, 0.4) is 0 Å². The van der Waals surface area contributed by atoms with Crippen molar-refractivity contribution in [2.75, 3.05) is 12.9 Å². The number of carbonyl (C=O) groups is 1. The van der Waals surface area contributed by atoms with Crippen LogP contribution in [0.4, 0.5) is 0 Å². The zero-order valence-electron chi connectivity index (χ0n) is 13.2. The molecule has 3 heterocycles. The lowest BCUT2D eigenvalue weighted by molar-refractivity contribution is -0.137. The molecule has 2 aromatic heterocycles. The number of methoxy groups -OCH3 is 1. The van der Waals surface area contributed by atoms with Gasteiger partial charge in [0.25, 0.3) is 5.56 Å². The monoisotopic (exact) mass is 354 g/mol. The molecule has 0 spiro atoms. The van der Waals surface area contributed by atoms with Gasteiger partial charge in [0, 0.05) is 11.3 Å². The van der Waals surface area contributed by atoms with Crippen molar-refractivity contribution in [2.24, 2.45) is 0 Å². The molecule has 1 aliphatic heterocycles. The topological polar surface area (TPSA) is 81.3 Å². The molecule has 1 unspecified atom stereocenters. The van der Waals surface area contributed by atoms with Crippen molar-refractivity contribution in [1.29, 1.82) is 0 Å². The molecule has 0 saturated heterocycles. The molecule has 3 rings (SSSR count). The number of hydrogen-bond donors (Lipinski definition) is 1. The molecule has 1 atom stereocenters. The Kier molecular flexibility index (Phi) is 4.48. The lowest BCUT2D eigenvalue weighted by Gasteiger charge is -2.32. The van der Waals surface area contributed by atoms with Crippen LogP contribution in [-0.4, -0.2) is 34.6 Å². The van der Waals surface area contributed by atoms with Crippen LogP contribution in [0.2, 0.25) is 0 Å². The normalized spacial score (nSPS) is 20.5. The molecular formula is C15H18N2O4S2. The fraction of sp³-hybridized carbons (Fsp3) is 0.533. The number of carbonyl (C=O) groups excluding carboxylic acids is 1. The average molecular weight is 354 g/mol. The van der Waals surface area contributed by atoms with Crippen molar-refractivity contribution in [1.82, 2.24) is 10.2 Å². The second-order valence-electron chi connectivity index (χ2n) is 5.70. The predicted octanol–water partition coefficient (Wildman–Crippen LogP) is 2.49. The van der Waals surface area contributed by atoms with E-state index in [0.717, 1.165) is 21.6 Å². The second-order valence-corrected chi connectivity index (χ2v) is 7.77. The Morgan fingerprint density at radius 1 is 1.57 bits per heavy atom. The van der Waals surface area contributed by atoms with Crippen LogP contribution in [0.1, 0.15) is 30.7 Å². The fourth-order valence-electron chi connectivity index (χ4n) is 2.59. The number of esters is 1. The van der Waals surface area contributed by atoms with E-state index >= 15 is 0 Å². The molecule has 0 fully saturated rings. The van der Waals surface area contributed by atoms with Gasteiger partial charge in [0.05, 0.1) is 35.2 Å². The molecule has 0 aromatic carbocycles. The zero-order chi connectivity index (χ0) is 16.6. The molecule has 1 N–H and O–H groups in total. The summed E-state index contributed by atoms with van der Waals surface area (Å²) in [4.78, 5) is 24.7. The highest BCUT2D eigenvalue weighted by Gasteiger charge is 2.33. The molecule has 0 aliphatic carbocycles. The third kappa shape index (κ3) is 3.02. The van der Waals surface area contributed by atoms with Gasteiger partial charge in [-0.15, -0.1) is 11.3 Å². The maximum atomic E-state index is 12.3. The van der Waals surface area contributed by atoms with E-state index in [4.69, 9.17) is 4.74 Å². The maximum Gasteiger partial charge on any atom is 0.316 e. The summed E-state index contributed by atoms with van der Waals surface area (Å²) in [5.41, 5.74) is 0.639. The van der Waals surface area contributed by atoms with Crippen LogP contribution in [0.25, 0.3) is 10.1 Å². The number of aromatic nitrogens is 2. The highest BCUT2D eigenvalue weighted by Crippen LogP contribution is 2.41. The standard InChI is InChI=1S/C15H18N2O4S2/c1-4-15(2)5-8-9(6-21-15)23-12-11(8)13(19)16-17-14(12)22-7-10(18)20-3/h4-7H2,1-3H3,(H,16,19). The highest BCUT2D eigenvalue weighted by molar-refractivity contribution is 8.00. The van der Waals surface area contributed by atoms with Gasteiger partial charge in [0.15, 0.2) is 0 Å². The van der Waals surface area contributed by atoms with E-state index in [-0.39, 0.29) is 22.9 Å². The molecule has 0 amide bonds. The van der Waals surface area contributed by atoms with Crippen LogP contribution in [-0.2, 0) is 27.3 Å². The Balaban J connectivity index is 2.05. The lowest BCUT2D eigenvalue weighted by Crippen LogP contribution is -2.34. The van der Waals surface area contributed by atoms with Gasteiger partial charge in [-0.3, -0.25) is 9.59 Å². The Morgan fingerprint density at radius 3 is 3.04 bits per heavy atom. The van der Waals surface area contributed by atoms with E-state index in [1.54, 1.807) is 0 Å². The first kappa shape index (κ1) is 16.5. The smallest absolute Gasteiger partial charge is 0.316 e. The van der Waals surface area contributed by atoms with Crippen molar-refractivity contribution in [3.8, 4) is 0 Å². The molecule has 124 valence electrons. The van der Waals surface area contributed by atoms with Crippen molar-refractivity contribution in [2.45, 2.75) is 43.9 Å². The number of H-pyrrole nitrogens is 1. The molecule has 0 radical (unpaired) electrons.